The Balaban J connectivity index is 3.64. The van der Waals surface area contributed by atoms with Crippen LogP contribution in [0.3, 0.4) is 0 Å². The molecule has 0 spiro atoms. The molecule has 0 rings (SSSR count). The SMILES string of the molecule is CC(C)C(C)(O)CNCCCS(C)(=O)=O. The number of aliphatic hydroxyl groups is 1. The fraction of sp³-hybridized carbons (Fsp3) is 1.00. The average molecular weight is 237 g/mol. The third-order valence-electron chi connectivity index (χ3n) is 2.60. The van der Waals surface area contributed by atoms with Crippen molar-refractivity contribution in [3.05, 3.63) is 0 Å². The van der Waals surface area contributed by atoms with Crippen molar-refractivity contribution in [1.29, 1.82) is 0 Å². The highest BCUT2D eigenvalue weighted by atomic mass is 32.2. The minimum absolute atomic E-state index is 0.180. The molecule has 0 amide bonds. The van der Waals surface area contributed by atoms with Crippen LogP contribution in [0.5, 0.6) is 0 Å². The van der Waals surface area contributed by atoms with Gasteiger partial charge < -0.3 is 10.4 Å². The molecule has 0 aromatic carbocycles. The van der Waals surface area contributed by atoms with Crippen molar-refractivity contribution in [2.24, 2.45) is 5.92 Å². The number of hydrogen-bond acceptors (Lipinski definition) is 4. The van der Waals surface area contributed by atoms with Gasteiger partial charge in [-0.05, 0) is 25.8 Å². The molecule has 1 atom stereocenters. The van der Waals surface area contributed by atoms with Crippen LogP contribution in [0.1, 0.15) is 27.2 Å². The first-order valence-electron chi connectivity index (χ1n) is 5.26. The van der Waals surface area contributed by atoms with Gasteiger partial charge in [-0.1, -0.05) is 13.8 Å². The lowest BCUT2D eigenvalue weighted by Crippen LogP contribution is -2.42. The molecule has 0 saturated carbocycles. The standard InChI is InChI=1S/C10H23NO3S/c1-9(2)10(3,12)8-11-6-5-7-15(4,13)14/h9,11-12H,5-8H2,1-4H3. The van der Waals surface area contributed by atoms with E-state index in [0.29, 0.717) is 19.5 Å². The Morgan fingerprint density at radius 2 is 1.93 bits per heavy atom. The molecule has 0 aliphatic rings. The second kappa shape index (κ2) is 5.82. The molecule has 4 nitrogen and oxygen atoms in total. The molecule has 0 fully saturated rings. The average Bonchev–Trinajstić information content (AvgIpc) is 2.00. The quantitative estimate of drug-likeness (QED) is 0.630. The van der Waals surface area contributed by atoms with E-state index in [1.807, 2.05) is 13.8 Å². The summed E-state index contributed by atoms with van der Waals surface area (Å²) in [4.78, 5) is 0. The zero-order valence-corrected chi connectivity index (χ0v) is 10.9. The van der Waals surface area contributed by atoms with Gasteiger partial charge in [-0.3, -0.25) is 0 Å². The van der Waals surface area contributed by atoms with Crippen LogP contribution in [0.4, 0.5) is 0 Å². The van der Waals surface area contributed by atoms with Gasteiger partial charge in [0, 0.05) is 12.8 Å². The van der Waals surface area contributed by atoms with Gasteiger partial charge in [-0.25, -0.2) is 8.42 Å². The molecule has 0 aromatic rings. The van der Waals surface area contributed by atoms with E-state index in [4.69, 9.17) is 0 Å². The number of rotatable bonds is 7. The molecule has 5 heteroatoms. The van der Waals surface area contributed by atoms with Gasteiger partial charge in [-0.2, -0.15) is 0 Å². The first-order valence-corrected chi connectivity index (χ1v) is 7.32. The molecular formula is C10H23NO3S. The van der Waals surface area contributed by atoms with E-state index in [9.17, 15) is 13.5 Å². The number of nitrogens with one attached hydrogen (secondary N) is 1. The van der Waals surface area contributed by atoms with Gasteiger partial charge in [0.2, 0.25) is 0 Å². The second-order valence-corrected chi connectivity index (χ2v) is 6.93. The normalized spacial score (nSPS) is 16.7. The number of sulfone groups is 1. The van der Waals surface area contributed by atoms with Crippen LogP contribution in [0, 0.1) is 5.92 Å². The van der Waals surface area contributed by atoms with Gasteiger partial charge in [0.25, 0.3) is 0 Å². The van der Waals surface area contributed by atoms with Crippen LogP contribution >= 0.6 is 0 Å². The highest BCUT2D eigenvalue weighted by Gasteiger charge is 2.23. The van der Waals surface area contributed by atoms with Crippen LogP contribution in [0.2, 0.25) is 0 Å². The Labute approximate surface area is 93.0 Å². The van der Waals surface area contributed by atoms with Crippen LogP contribution in [0.25, 0.3) is 0 Å². The molecule has 0 radical (unpaired) electrons. The topological polar surface area (TPSA) is 66.4 Å². The van der Waals surface area contributed by atoms with Crippen molar-refractivity contribution in [3.63, 3.8) is 0 Å². The predicted octanol–water partition coefficient (Wildman–Crippen LogP) is 0.418. The lowest BCUT2D eigenvalue weighted by atomic mass is 9.92. The number of hydrogen-bond donors (Lipinski definition) is 2. The first kappa shape index (κ1) is 14.9. The predicted molar refractivity (Wildman–Crippen MR) is 62.7 cm³/mol. The minimum Gasteiger partial charge on any atom is -0.389 e. The van der Waals surface area contributed by atoms with E-state index >= 15 is 0 Å². The van der Waals surface area contributed by atoms with E-state index in [2.05, 4.69) is 5.32 Å². The van der Waals surface area contributed by atoms with Crippen molar-refractivity contribution in [2.75, 3.05) is 25.1 Å². The van der Waals surface area contributed by atoms with Gasteiger partial charge >= 0.3 is 0 Å². The summed E-state index contributed by atoms with van der Waals surface area (Å²) in [6.45, 7) is 6.81. The van der Waals surface area contributed by atoms with Crippen LogP contribution in [-0.2, 0) is 9.84 Å². The van der Waals surface area contributed by atoms with E-state index < -0.39 is 15.4 Å². The van der Waals surface area contributed by atoms with Gasteiger partial charge in [0.15, 0.2) is 0 Å². The summed E-state index contributed by atoms with van der Waals surface area (Å²) >= 11 is 0. The smallest absolute Gasteiger partial charge is 0.147 e. The zero-order chi connectivity index (χ0) is 12.1. The lowest BCUT2D eigenvalue weighted by molar-refractivity contribution is 0.0145. The summed E-state index contributed by atoms with van der Waals surface area (Å²) in [5.74, 6) is 0.379. The zero-order valence-electron chi connectivity index (χ0n) is 10.1. The fourth-order valence-corrected chi connectivity index (χ4v) is 1.67. The first-order chi connectivity index (χ1) is 6.65. The van der Waals surface area contributed by atoms with Crippen LogP contribution < -0.4 is 5.32 Å². The summed E-state index contributed by atoms with van der Waals surface area (Å²) in [7, 11) is -2.86. The molecule has 0 heterocycles. The van der Waals surface area contributed by atoms with Gasteiger partial charge in [0.1, 0.15) is 9.84 Å². The summed E-state index contributed by atoms with van der Waals surface area (Å²) in [5, 5.41) is 12.9. The monoisotopic (exact) mass is 237 g/mol. The Bertz CT molecular complexity index is 270. The third kappa shape index (κ3) is 7.76. The molecule has 92 valence electrons. The van der Waals surface area contributed by atoms with E-state index in [-0.39, 0.29) is 11.7 Å². The maximum Gasteiger partial charge on any atom is 0.147 e. The Morgan fingerprint density at radius 3 is 2.33 bits per heavy atom. The van der Waals surface area contributed by atoms with Gasteiger partial charge in [-0.15, -0.1) is 0 Å². The molecular weight excluding hydrogens is 214 g/mol. The Kier molecular flexibility index (Phi) is 5.77. The lowest BCUT2D eigenvalue weighted by Gasteiger charge is -2.27. The van der Waals surface area contributed by atoms with E-state index in [0.717, 1.165) is 0 Å². The van der Waals surface area contributed by atoms with E-state index in [1.165, 1.54) is 6.26 Å². The van der Waals surface area contributed by atoms with Gasteiger partial charge in [0.05, 0.1) is 11.4 Å². The fourth-order valence-electron chi connectivity index (χ4n) is 1.00. The molecule has 0 saturated heterocycles. The molecule has 0 aliphatic heterocycles. The maximum atomic E-state index is 10.8. The molecule has 15 heavy (non-hydrogen) atoms. The summed E-state index contributed by atoms with van der Waals surface area (Å²) in [5.41, 5.74) is -0.731. The Morgan fingerprint density at radius 1 is 1.40 bits per heavy atom. The second-order valence-electron chi connectivity index (χ2n) is 4.67. The van der Waals surface area contributed by atoms with Crippen LogP contribution in [0.15, 0.2) is 0 Å². The highest BCUT2D eigenvalue weighted by molar-refractivity contribution is 7.90. The van der Waals surface area contributed by atoms with Crippen LogP contribution in [-0.4, -0.2) is 44.2 Å². The van der Waals surface area contributed by atoms with Crippen molar-refractivity contribution in [1.82, 2.24) is 5.32 Å². The largest absolute Gasteiger partial charge is 0.389 e. The van der Waals surface area contributed by atoms with Crippen molar-refractivity contribution < 1.29 is 13.5 Å². The summed E-state index contributed by atoms with van der Waals surface area (Å²) in [6.07, 6.45) is 1.82. The molecule has 2 N–H and O–H groups in total. The van der Waals surface area contributed by atoms with Crippen molar-refractivity contribution in [2.45, 2.75) is 32.8 Å². The Hall–Kier alpha value is -0.130. The van der Waals surface area contributed by atoms with Crippen molar-refractivity contribution in [3.8, 4) is 0 Å². The minimum atomic E-state index is -2.86. The molecule has 0 aromatic heterocycles. The van der Waals surface area contributed by atoms with Crippen molar-refractivity contribution >= 4 is 9.84 Å². The highest BCUT2D eigenvalue weighted by Crippen LogP contribution is 2.14. The molecule has 0 aliphatic carbocycles. The van der Waals surface area contributed by atoms with E-state index in [1.54, 1.807) is 6.92 Å². The molecule has 0 bridgehead atoms. The third-order valence-corrected chi connectivity index (χ3v) is 3.63. The summed E-state index contributed by atoms with van der Waals surface area (Å²) < 4.78 is 21.6. The maximum absolute atomic E-state index is 10.8. The summed E-state index contributed by atoms with van der Waals surface area (Å²) in [6, 6.07) is 0. The molecule has 1 unspecified atom stereocenters.